The number of furan rings is 1. The number of fused-ring (bicyclic) bond motifs is 1. The van der Waals surface area contributed by atoms with E-state index in [1.807, 2.05) is 29.7 Å². The lowest BCUT2D eigenvalue weighted by Crippen LogP contribution is -2.00. The Morgan fingerprint density at radius 2 is 1.92 bits per heavy atom. The van der Waals surface area contributed by atoms with Crippen LogP contribution in [0.15, 0.2) is 58.5 Å². The molecule has 0 saturated heterocycles. The van der Waals surface area contributed by atoms with Gasteiger partial charge >= 0.3 is 5.97 Å². The third-order valence-corrected chi connectivity index (χ3v) is 4.52. The van der Waals surface area contributed by atoms with Crippen LogP contribution in [0.5, 0.6) is 0 Å². The largest absolute Gasteiger partial charge is 0.478 e. The lowest BCUT2D eigenvalue weighted by Gasteiger charge is -2.03. The summed E-state index contributed by atoms with van der Waals surface area (Å²) in [7, 11) is 0. The summed E-state index contributed by atoms with van der Waals surface area (Å²) < 4.78 is 5.33. The second kappa shape index (κ2) is 6.33. The van der Waals surface area contributed by atoms with Crippen LogP contribution in [0, 0.1) is 0 Å². The predicted molar refractivity (Wildman–Crippen MR) is 97.4 cm³/mol. The molecule has 0 unspecified atom stereocenters. The van der Waals surface area contributed by atoms with Crippen LogP contribution in [0.4, 0.5) is 0 Å². The highest BCUT2D eigenvalue weighted by Gasteiger charge is 2.10. The van der Waals surface area contributed by atoms with Crippen molar-refractivity contribution in [2.24, 2.45) is 0 Å². The second-order valence-electron chi connectivity index (χ2n) is 5.31. The number of pyridine rings is 1. The Kier molecular flexibility index (Phi) is 3.87. The van der Waals surface area contributed by atoms with Crippen molar-refractivity contribution in [3.8, 4) is 10.8 Å². The maximum absolute atomic E-state index is 11.5. The van der Waals surface area contributed by atoms with Crippen LogP contribution in [0.1, 0.15) is 21.7 Å². The summed E-state index contributed by atoms with van der Waals surface area (Å²) in [5, 5.41) is 12.8. The maximum Gasteiger partial charge on any atom is 0.336 e. The van der Waals surface area contributed by atoms with Gasteiger partial charge in [-0.1, -0.05) is 18.2 Å². The smallest absolute Gasteiger partial charge is 0.336 e. The topological polar surface area (TPSA) is 76.2 Å². The summed E-state index contributed by atoms with van der Waals surface area (Å²) in [6.07, 6.45) is 5.18. The van der Waals surface area contributed by atoms with E-state index in [0.717, 1.165) is 16.5 Å². The van der Waals surface area contributed by atoms with Crippen molar-refractivity contribution in [3.05, 3.63) is 71.1 Å². The maximum atomic E-state index is 11.5. The third-order valence-electron chi connectivity index (χ3n) is 3.65. The summed E-state index contributed by atoms with van der Waals surface area (Å²) >= 11 is 1.48. The first-order valence-electron chi connectivity index (χ1n) is 7.51. The number of carboxylic acids is 1. The average molecular weight is 348 g/mol. The van der Waals surface area contributed by atoms with Gasteiger partial charge in [0.15, 0.2) is 10.8 Å². The second-order valence-corrected chi connectivity index (χ2v) is 6.16. The number of nitrogens with zero attached hydrogens (tertiary/aromatic N) is 2. The Bertz CT molecular complexity index is 1080. The van der Waals surface area contributed by atoms with E-state index in [0.29, 0.717) is 16.6 Å². The van der Waals surface area contributed by atoms with Crippen molar-refractivity contribution in [1.29, 1.82) is 0 Å². The lowest BCUT2D eigenvalue weighted by atomic mass is 10.1. The predicted octanol–water partition coefficient (Wildman–Crippen LogP) is 4.82. The molecule has 0 saturated carbocycles. The summed E-state index contributed by atoms with van der Waals surface area (Å²) in [6.45, 7) is 0. The van der Waals surface area contributed by atoms with Crippen molar-refractivity contribution in [2.45, 2.75) is 0 Å². The molecule has 122 valence electrons. The Morgan fingerprint density at radius 1 is 1.08 bits per heavy atom. The van der Waals surface area contributed by atoms with Crippen LogP contribution in [-0.2, 0) is 0 Å². The first kappa shape index (κ1) is 15.3. The van der Waals surface area contributed by atoms with Crippen LogP contribution in [0.3, 0.4) is 0 Å². The normalized spacial score (nSPS) is 11.4. The van der Waals surface area contributed by atoms with Crippen LogP contribution < -0.4 is 0 Å². The molecule has 5 nitrogen and oxygen atoms in total. The summed E-state index contributed by atoms with van der Waals surface area (Å²) in [5.41, 5.74) is 2.23. The first-order chi connectivity index (χ1) is 12.2. The van der Waals surface area contributed by atoms with Gasteiger partial charge in [-0.15, -0.1) is 11.3 Å². The van der Waals surface area contributed by atoms with Crippen LogP contribution in [0.25, 0.3) is 33.8 Å². The summed E-state index contributed by atoms with van der Waals surface area (Å²) in [6, 6.07) is 12.4. The van der Waals surface area contributed by atoms with Gasteiger partial charge in [-0.3, -0.25) is 0 Å². The first-order valence-corrected chi connectivity index (χ1v) is 8.39. The van der Waals surface area contributed by atoms with Gasteiger partial charge in [-0.05, 0) is 36.4 Å². The minimum atomic E-state index is -0.970. The SMILES string of the molecule is O=C(O)c1cc(/C=C\c2csc(-c3ccco3)n2)nc2ccccc12. The highest BCUT2D eigenvalue weighted by Crippen LogP contribution is 2.25. The molecule has 0 aliphatic rings. The van der Waals surface area contributed by atoms with Crippen molar-refractivity contribution < 1.29 is 14.3 Å². The zero-order chi connectivity index (χ0) is 17.2. The molecule has 0 radical (unpaired) electrons. The number of rotatable bonds is 4. The van der Waals surface area contributed by atoms with E-state index in [2.05, 4.69) is 9.97 Å². The molecule has 0 fully saturated rings. The van der Waals surface area contributed by atoms with Gasteiger partial charge in [-0.25, -0.2) is 14.8 Å². The average Bonchev–Trinajstić information content (AvgIpc) is 3.30. The number of hydrogen-bond acceptors (Lipinski definition) is 5. The van der Waals surface area contributed by atoms with E-state index < -0.39 is 5.97 Å². The molecule has 3 aromatic heterocycles. The molecular formula is C19H12N2O3S. The fourth-order valence-electron chi connectivity index (χ4n) is 2.51. The van der Waals surface area contributed by atoms with Gasteiger partial charge in [0.2, 0.25) is 0 Å². The van der Waals surface area contributed by atoms with Crippen molar-refractivity contribution >= 4 is 40.4 Å². The monoisotopic (exact) mass is 348 g/mol. The van der Waals surface area contributed by atoms with Gasteiger partial charge in [0.25, 0.3) is 0 Å². The van der Waals surface area contributed by atoms with E-state index in [1.165, 1.54) is 11.3 Å². The molecule has 1 aromatic carbocycles. The van der Waals surface area contributed by atoms with Crippen LogP contribution >= 0.6 is 11.3 Å². The number of para-hydroxylation sites is 1. The Labute approximate surface area is 146 Å². The van der Waals surface area contributed by atoms with Crippen molar-refractivity contribution in [1.82, 2.24) is 9.97 Å². The fraction of sp³-hybridized carbons (Fsp3) is 0. The van der Waals surface area contributed by atoms with E-state index in [-0.39, 0.29) is 5.56 Å². The molecular weight excluding hydrogens is 336 g/mol. The Balaban J connectivity index is 1.68. The zero-order valence-corrected chi connectivity index (χ0v) is 13.7. The number of carboxylic acid groups (broad SMARTS) is 1. The molecule has 0 amide bonds. The molecule has 4 rings (SSSR count). The van der Waals surface area contributed by atoms with Crippen LogP contribution in [-0.4, -0.2) is 21.0 Å². The molecule has 0 bridgehead atoms. The number of aromatic nitrogens is 2. The van der Waals surface area contributed by atoms with E-state index in [4.69, 9.17) is 4.42 Å². The van der Waals surface area contributed by atoms with E-state index in [9.17, 15) is 9.90 Å². The molecule has 25 heavy (non-hydrogen) atoms. The zero-order valence-electron chi connectivity index (χ0n) is 12.9. The molecule has 0 aliphatic carbocycles. The quantitative estimate of drug-likeness (QED) is 0.572. The molecule has 6 heteroatoms. The highest BCUT2D eigenvalue weighted by atomic mass is 32.1. The summed E-state index contributed by atoms with van der Waals surface area (Å²) in [4.78, 5) is 20.5. The Morgan fingerprint density at radius 3 is 2.72 bits per heavy atom. The molecule has 3 heterocycles. The van der Waals surface area contributed by atoms with Gasteiger partial charge in [-0.2, -0.15) is 0 Å². The van der Waals surface area contributed by atoms with Crippen LogP contribution in [0.2, 0.25) is 0 Å². The van der Waals surface area contributed by atoms with Gasteiger partial charge in [0, 0.05) is 10.8 Å². The number of benzene rings is 1. The minimum absolute atomic E-state index is 0.236. The van der Waals surface area contributed by atoms with Gasteiger partial charge < -0.3 is 9.52 Å². The standard InChI is InChI=1S/C19H12N2O3S/c22-19(23)15-10-12(20-16-5-2-1-4-14(15)16)7-8-13-11-25-18(21-13)17-6-3-9-24-17/h1-11H,(H,22,23)/b8-7-. The van der Waals surface area contributed by atoms with Gasteiger partial charge in [0.05, 0.1) is 28.7 Å². The summed E-state index contributed by atoms with van der Waals surface area (Å²) in [5.74, 6) is -0.247. The molecule has 0 spiro atoms. The lowest BCUT2D eigenvalue weighted by molar-refractivity contribution is 0.0699. The number of aromatic carboxylic acids is 1. The molecule has 4 aromatic rings. The van der Waals surface area contributed by atoms with Gasteiger partial charge in [0.1, 0.15) is 0 Å². The number of thiazole rings is 1. The van der Waals surface area contributed by atoms with Crippen molar-refractivity contribution in [3.63, 3.8) is 0 Å². The molecule has 0 aliphatic heterocycles. The highest BCUT2D eigenvalue weighted by molar-refractivity contribution is 7.13. The number of carbonyl (C=O) groups is 1. The Hall–Kier alpha value is -3.25. The molecule has 1 N–H and O–H groups in total. The molecule has 0 atom stereocenters. The van der Waals surface area contributed by atoms with Crippen molar-refractivity contribution in [2.75, 3.05) is 0 Å². The third kappa shape index (κ3) is 3.07. The number of hydrogen-bond donors (Lipinski definition) is 1. The fourth-order valence-corrected chi connectivity index (χ4v) is 3.26. The van der Waals surface area contributed by atoms with E-state index >= 15 is 0 Å². The van der Waals surface area contributed by atoms with E-state index in [1.54, 1.807) is 36.6 Å². The minimum Gasteiger partial charge on any atom is -0.478 e.